The highest BCUT2D eigenvalue weighted by Crippen LogP contribution is 2.43. The molecule has 0 saturated carbocycles. The first kappa shape index (κ1) is 32.0. The minimum absolute atomic E-state index is 1.09. The van der Waals surface area contributed by atoms with Crippen molar-refractivity contribution in [2.24, 2.45) is 0 Å². The molecule has 0 radical (unpaired) electrons. The SMILES string of the molecule is c1ccc(-c2cccc(N(c3ccc(-c4cc5ccccc5c5ccc6ccccc6c45)cc3)c3ccc4c5ccccc5n(-c5ccccc5)c4c3)c2)cc1. The van der Waals surface area contributed by atoms with Crippen molar-refractivity contribution in [1.29, 1.82) is 0 Å². The lowest BCUT2D eigenvalue weighted by Crippen LogP contribution is -2.10. The molecule has 2 nitrogen and oxygen atoms in total. The Balaban J connectivity index is 1.12. The van der Waals surface area contributed by atoms with Gasteiger partial charge in [-0.1, -0.05) is 158 Å². The van der Waals surface area contributed by atoms with E-state index in [1.54, 1.807) is 0 Å². The van der Waals surface area contributed by atoms with Gasteiger partial charge in [0.1, 0.15) is 0 Å². The average Bonchev–Trinajstić information content (AvgIpc) is 3.60. The van der Waals surface area contributed by atoms with E-state index >= 15 is 0 Å². The highest BCUT2D eigenvalue weighted by Gasteiger charge is 2.19. The first-order chi connectivity index (χ1) is 27.8. The maximum Gasteiger partial charge on any atom is 0.0561 e. The van der Waals surface area contributed by atoms with Crippen molar-refractivity contribution in [2.75, 3.05) is 4.90 Å². The standard InChI is InChI=1S/C54H36N2/c1-3-14-37(15-4-1)40-18-13-21-44(34-40)55(45-31-33-49-48-24-11-12-25-52(48)56(53(49)36-45)42-19-5-2-6-20-42)43-29-26-39(27-30-43)51-35-41-17-8-9-22-46(41)50-32-28-38-16-7-10-23-47(38)54(50)51/h1-36H. The van der Waals surface area contributed by atoms with E-state index in [-0.39, 0.29) is 0 Å². The summed E-state index contributed by atoms with van der Waals surface area (Å²) in [7, 11) is 0. The Bertz CT molecular complexity index is 3230. The van der Waals surface area contributed by atoms with E-state index in [4.69, 9.17) is 0 Å². The van der Waals surface area contributed by atoms with E-state index in [1.807, 2.05) is 0 Å². The second-order valence-electron chi connectivity index (χ2n) is 14.5. The van der Waals surface area contributed by atoms with Crippen molar-refractivity contribution in [3.05, 3.63) is 218 Å². The molecule has 2 heteroatoms. The zero-order chi connectivity index (χ0) is 37.0. The first-order valence-corrected chi connectivity index (χ1v) is 19.3. The van der Waals surface area contributed by atoms with Crippen LogP contribution in [0.15, 0.2) is 218 Å². The summed E-state index contributed by atoms with van der Waals surface area (Å²) in [6.07, 6.45) is 0. The molecule has 0 spiro atoms. The van der Waals surface area contributed by atoms with E-state index < -0.39 is 0 Å². The van der Waals surface area contributed by atoms with Crippen molar-refractivity contribution in [1.82, 2.24) is 4.57 Å². The number of anilines is 3. The van der Waals surface area contributed by atoms with Crippen LogP contribution in [-0.2, 0) is 0 Å². The fourth-order valence-electron chi connectivity index (χ4n) is 8.76. The normalized spacial score (nSPS) is 11.6. The summed E-state index contributed by atoms with van der Waals surface area (Å²) < 4.78 is 2.39. The number of nitrogens with zero attached hydrogens (tertiary/aromatic N) is 2. The summed E-state index contributed by atoms with van der Waals surface area (Å²) in [5, 5.41) is 10.1. The van der Waals surface area contributed by atoms with E-state index in [1.165, 1.54) is 76.4 Å². The predicted octanol–water partition coefficient (Wildman–Crippen LogP) is 15.0. The third-order valence-electron chi connectivity index (χ3n) is 11.3. The lowest BCUT2D eigenvalue weighted by atomic mass is 9.90. The summed E-state index contributed by atoms with van der Waals surface area (Å²) in [5.74, 6) is 0. The second-order valence-corrected chi connectivity index (χ2v) is 14.5. The quantitative estimate of drug-likeness (QED) is 0.156. The summed E-state index contributed by atoms with van der Waals surface area (Å²) in [5.41, 5.74) is 11.6. The van der Waals surface area contributed by atoms with Gasteiger partial charge in [0.2, 0.25) is 0 Å². The highest BCUT2D eigenvalue weighted by molar-refractivity contribution is 6.23. The summed E-state index contributed by atoms with van der Waals surface area (Å²) in [4.78, 5) is 2.40. The Morgan fingerprint density at radius 3 is 1.73 bits per heavy atom. The van der Waals surface area contributed by atoms with Gasteiger partial charge in [-0.25, -0.2) is 0 Å². The molecule has 1 heterocycles. The van der Waals surface area contributed by atoms with Gasteiger partial charge in [-0.2, -0.15) is 0 Å². The third kappa shape index (κ3) is 5.26. The molecule has 0 fully saturated rings. The molecule has 10 aromatic carbocycles. The molecule has 0 atom stereocenters. The van der Waals surface area contributed by atoms with Gasteiger partial charge in [0, 0.05) is 33.5 Å². The van der Waals surface area contributed by atoms with Crippen molar-refractivity contribution in [3.63, 3.8) is 0 Å². The molecule has 0 amide bonds. The monoisotopic (exact) mass is 712 g/mol. The smallest absolute Gasteiger partial charge is 0.0561 e. The topological polar surface area (TPSA) is 8.17 Å². The number of hydrogen-bond acceptors (Lipinski definition) is 1. The van der Waals surface area contributed by atoms with Crippen LogP contribution in [0.2, 0.25) is 0 Å². The van der Waals surface area contributed by atoms with Crippen molar-refractivity contribution < 1.29 is 0 Å². The molecule has 0 saturated heterocycles. The molecule has 56 heavy (non-hydrogen) atoms. The summed E-state index contributed by atoms with van der Waals surface area (Å²) >= 11 is 0. The molecule has 0 aliphatic carbocycles. The summed E-state index contributed by atoms with van der Waals surface area (Å²) in [6, 6.07) is 79.5. The van der Waals surface area contributed by atoms with Crippen LogP contribution in [0.5, 0.6) is 0 Å². The Hall–Kier alpha value is -7.42. The fourth-order valence-corrected chi connectivity index (χ4v) is 8.76. The molecule has 0 unspecified atom stereocenters. The van der Waals surface area contributed by atoms with Crippen LogP contribution in [0.1, 0.15) is 0 Å². The maximum absolute atomic E-state index is 2.40. The predicted molar refractivity (Wildman–Crippen MR) is 239 cm³/mol. The minimum atomic E-state index is 1.09. The van der Waals surface area contributed by atoms with Crippen molar-refractivity contribution >= 4 is 71.2 Å². The van der Waals surface area contributed by atoms with Crippen LogP contribution in [0.25, 0.3) is 82.1 Å². The maximum atomic E-state index is 2.40. The van der Waals surface area contributed by atoms with Crippen LogP contribution in [0.3, 0.4) is 0 Å². The zero-order valence-corrected chi connectivity index (χ0v) is 30.7. The largest absolute Gasteiger partial charge is 0.310 e. The number of aromatic nitrogens is 1. The average molecular weight is 713 g/mol. The Morgan fingerprint density at radius 2 is 0.911 bits per heavy atom. The number of benzene rings is 10. The highest BCUT2D eigenvalue weighted by atomic mass is 15.1. The Morgan fingerprint density at radius 1 is 0.304 bits per heavy atom. The molecule has 1 aromatic heterocycles. The summed E-state index contributed by atoms with van der Waals surface area (Å²) in [6.45, 7) is 0. The number of hydrogen-bond donors (Lipinski definition) is 0. The number of para-hydroxylation sites is 2. The Labute approximate surface area is 325 Å². The van der Waals surface area contributed by atoms with Gasteiger partial charge in [0.25, 0.3) is 0 Å². The lowest BCUT2D eigenvalue weighted by Gasteiger charge is -2.27. The van der Waals surface area contributed by atoms with Crippen molar-refractivity contribution in [2.45, 2.75) is 0 Å². The van der Waals surface area contributed by atoms with Gasteiger partial charge in [-0.15, -0.1) is 0 Å². The van der Waals surface area contributed by atoms with Crippen LogP contribution in [-0.4, -0.2) is 4.57 Å². The van der Waals surface area contributed by atoms with Crippen molar-refractivity contribution in [3.8, 4) is 27.9 Å². The number of rotatable bonds is 6. The van der Waals surface area contributed by atoms with Gasteiger partial charge in [0.15, 0.2) is 0 Å². The number of fused-ring (bicyclic) bond motifs is 8. The molecule has 0 N–H and O–H groups in total. The van der Waals surface area contributed by atoms with Crippen LogP contribution in [0.4, 0.5) is 17.1 Å². The minimum Gasteiger partial charge on any atom is -0.310 e. The molecule has 262 valence electrons. The van der Waals surface area contributed by atoms with Crippen LogP contribution in [0, 0.1) is 0 Å². The van der Waals surface area contributed by atoms with Gasteiger partial charge in [-0.05, 0) is 115 Å². The van der Waals surface area contributed by atoms with Gasteiger partial charge in [0.05, 0.1) is 11.0 Å². The molecule has 11 rings (SSSR count). The first-order valence-electron chi connectivity index (χ1n) is 19.3. The second kappa shape index (κ2) is 13.2. The fraction of sp³-hybridized carbons (Fsp3) is 0. The van der Waals surface area contributed by atoms with Gasteiger partial charge in [-0.3, -0.25) is 0 Å². The van der Waals surface area contributed by atoms with Crippen LogP contribution >= 0.6 is 0 Å². The molecule has 0 aliphatic rings. The molecular formula is C54H36N2. The lowest BCUT2D eigenvalue weighted by molar-refractivity contribution is 1.18. The Kier molecular flexibility index (Phi) is 7.53. The van der Waals surface area contributed by atoms with Gasteiger partial charge < -0.3 is 9.47 Å². The molecule has 0 aliphatic heterocycles. The van der Waals surface area contributed by atoms with E-state index in [9.17, 15) is 0 Å². The van der Waals surface area contributed by atoms with E-state index in [2.05, 4.69) is 228 Å². The van der Waals surface area contributed by atoms with E-state index in [0.717, 1.165) is 22.7 Å². The molecular weight excluding hydrogens is 677 g/mol. The molecule has 0 bridgehead atoms. The van der Waals surface area contributed by atoms with E-state index in [0.29, 0.717) is 0 Å². The molecule has 11 aromatic rings. The van der Waals surface area contributed by atoms with Crippen LogP contribution < -0.4 is 4.90 Å². The van der Waals surface area contributed by atoms with Gasteiger partial charge >= 0.3 is 0 Å². The third-order valence-corrected chi connectivity index (χ3v) is 11.3. The zero-order valence-electron chi connectivity index (χ0n) is 30.7.